The zero-order chi connectivity index (χ0) is 18.2. The molecule has 0 spiro atoms. The molecule has 8 heteroatoms. The van der Waals surface area contributed by atoms with E-state index in [4.69, 9.17) is 13.0 Å². The Morgan fingerprint density at radius 2 is 1.50 bits per heavy atom. The van der Waals surface area contributed by atoms with Gasteiger partial charge in [-0.1, -0.05) is 42.5 Å². The van der Waals surface area contributed by atoms with Crippen molar-refractivity contribution in [1.82, 2.24) is 0 Å². The summed E-state index contributed by atoms with van der Waals surface area (Å²) in [6, 6.07) is 19.2. The average Bonchev–Trinajstić information content (AvgIpc) is 2.49. The first-order valence-corrected chi connectivity index (χ1v) is 10.3. The summed E-state index contributed by atoms with van der Waals surface area (Å²) in [7, 11) is -6.09. The van der Waals surface area contributed by atoms with Crippen LogP contribution in [0.3, 0.4) is 0 Å². The molecule has 2 aromatic carbocycles. The van der Waals surface area contributed by atoms with Crippen LogP contribution in [0.1, 0.15) is 11.1 Å². The minimum atomic E-state index is -6.09. The van der Waals surface area contributed by atoms with Crippen LogP contribution in [0.25, 0.3) is 6.08 Å². The number of aryl methyl sites for hydroxylation is 1. The maximum absolute atomic E-state index is 10.7. The van der Waals surface area contributed by atoms with Crippen LogP contribution < -0.4 is 21.2 Å². The number of alkyl halides is 3. The summed E-state index contributed by atoms with van der Waals surface area (Å²) in [6.45, 7) is 2.15. The van der Waals surface area contributed by atoms with Crippen molar-refractivity contribution >= 4 is 16.2 Å². The van der Waals surface area contributed by atoms with E-state index in [1.165, 1.54) is 14.7 Å². The maximum atomic E-state index is 10.7. The first-order chi connectivity index (χ1) is 11.1. The molecule has 0 heterocycles. The molecule has 2 rings (SSSR count). The second kappa shape index (κ2) is 9.19. The summed E-state index contributed by atoms with van der Waals surface area (Å²) in [4.78, 5) is 0. The number of hydrogen-bond acceptors (Lipinski definition) is 3. The number of hydrogen-bond donors (Lipinski definition) is 0. The molecule has 0 atom stereocenters. The van der Waals surface area contributed by atoms with E-state index < -0.39 is 15.6 Å². The van der Waals surface area contributed by atoms with Gasteiger partial charge in [0.25, 0.3) is 0 Å². The van der Waals surface area contributed by atoms with E-state index in [1.807, 2.05) is 0 Å². The Labute approximate surface area is 149 Å². The smallest absolute Gasteiger partial charge is 0.485 e. The van der Waals surface area contributed by atoms with Crippen molar-refractivity contribution < 1.29 is 47.3 Å². The molecule has 0 radical (unpaired) electrons. The first-order valence-electron chi connectivity index (χ1n) is 6.54. The molecule has 0 aliphatic carbocycles. The van der Waals surface area contributed by atoms with Crippen LogP contribution in [0.15, 0.2) is 58.7 Å². The summed E-state index contributed by atoms with van der Waals surface area (Å²) < 4.78 is 62.7. The lowest BCUT2D eigenvalue weighted by atomic mass is 10.1. The van der Waals surface area contributed by atoms with Crippen LogP contribution in [0.4, 0.5) is 13.2 Å². The lowest BCUT2D eigenvalue weighted by Gasteiger charge is -2.08. The molecule has 0 amide bonds. The average molecular weight is 470 g/mol. The third-order valence-electron chi connectivity index (χ3n) is 2.64. The van der Waals surface area contributed by atoms with Gasteiger partial charge in [0.2, 0.25) is 0 Å². The van der Waals surface area contributed by atoms with Gasteiger partial charge in [0.05, 0.1) is 0 Å². The lowest BCUT2D eigenvalue weighted by Crippen LogP contribution is -3.59. The Balaban J connectivity index is 0.000000307. The van der Waals surface area contributed by atoms with Crippen molar-refractivity contribution in [2.75, 3.05) is 0 Å². The van der Waals surface area contributed by atoms with Crippen molar-refractivity contribution in [2.45, 2.75) is 12.4 Å². The summed E-state index contributed by atoms with van der Waals surface area (Å²) in [5, 5.41) is 0. The molecule has 0 N–H and O–H groups in total. The molecule has 3 nitrogen and oxygen atoms in total. The van der Waals surface area contributed by atoms with Crippen LogP contribution in [0, 0.1) is 10.5 Å². The number of benzene rings is 2. The van der Waals surface area contributed by atoms with E-state index in [1.54, 1.807) is 0 Å². The minimum Gasteiger partial charge on any atom is -0.741 e. The minimum absolute atomic E-state index is 0.00760. The number of rotatable bonds is 3. The van der Waals surface area contributed by atoms with Crippen LogP contribution in [0.2, 0.25) is 0 Å². The lowest BCUT2D eigenvalue weighted by molar-refractivity contribution is -0.555. The van der Waals surface area contributed by atoms with E-state index in [-0.39, 0.29) is 21.2 Å². The van der Waals surface area contributed by atoms with E-state index in [2.05, 4.69) is 71.7 Å². The molecule has 0 aliphatic heterocycles. The molecular formula is C16H14F3IO3S. The van der Waals surface area contributed by atoms with E-state index in [0.717, 1.165) is 0 Å². The van der Waals surface area contributed by atoms with Crippen molar-refractivity contribution in [3.05, 3.63) is 73.4 Å². The van der Waals surface area contributed by atoms with Gasteiger partial charge in [0, 0.05) is 0 Å². The quantitative estimate of drug-likeness (QED) is 0.382. The highest BCUT2D eigenvalue weighted by Crippen LogP contribution is 2.20. The Morgan fingerprint density at radius 3 is 2.00 bits per heavy atom. The van der Waals surface area contributed by atoms with Gasteiger partial charge in [-0.25, -0.2) is 8.42 Å². The Hall–Kier alpha value is -1.39. The Kier molecular flexibility index (Phi) is 7.91. The van der Waals surface area contributed by atoms with E-state index in [0.29, 0.717) is 0 Å². The summed E-state index contributed by atoms with van der Waals surface area (Å²) in [5.41, 5.74) is -2.97. The molecule has 0 saturated carbocycles. The predicted molar refractivity (Wildman–Crippen MR) is 81.1 cm³/mol. The van der Waals surface area contributed by atoms with Gasteiger partial charge in [-0.2, -0.15) is 13.2 Å². The largest absolute Gasteiger partial charge is 0.741 e. The molecule has 0 bridgehead atoms. The highest BCUT2D eigenvalue weighted by molar-refractivity contribution is 7.86. The second-order valence-corrected chi connectivity index (χ2v) is 8.41. The molecular weight excluding hydrogens is 456 g/mol. The topological polar surface area (TPSA) is 57.2 Å². The van der Waals surface area contributed by atoms with Gasteiger partial charge in [-0.15, -0.1) is 0 Å². The fourth-order valence-corrected chi connectivity index (χ4v) is 3.25. The van der Waals surface area contributed by atoms with Gasteiger partial charge in [0.1, 0.15) is 0 Å². The molecule has 0 saturated heterocycles. The van der Waals surface area contributed by atoms with E-state index in [9.17, 15) is 13.2 Å². The first kappa shape index (κ1) is 20.7. The molecule has 2 aromatic rings. The zero-order valence-corrected chi connectivity index (χ0v) is 15.5. The monoisotopic (exact) mass is 470 g/mol. The van der Waals surface area contributed by atoms with Crippen molar-refractivity contribution in [3.8, 4) is 0 Å². The van der Waals surface area contributed by atoms with Gasteiger partial charge in [-0.3, -0.25) is 0 Å². The van der Waals surface area contributed by atoms with Crippen LogP contribution in [0.5, 0.6) is 0 Å². The summed E-state index contributed by atoms with van der Waals surface area (Å²) in [6.07, 6.45) is 2.25. The maximum Gasteiger partial charge on any atom is 0.485 e. The van der Waals surface area contributed by atoms with Crippen molar-refractivity contribution in [1.29, 1.82) is 0 Å². The van der Waals surface area contributed by atoms with Crippen molar-refractivity contribution in [3.63, 3.8) is 0 Å². The second-order valence-electron chi connectivity index (χ2n) is 4.45. The predicted octanol–water partition coefficient (Wildman–Crippen LogP) is 0.976. The molecule has 24 heavy (non-hydrogen) atoms. The van der Waals surface area contributed by atoms with Gasteiger partial charge in [-0.05, 0) is 36.3 Å². The normalized spacial score (nSPS) is 11.9. The van der Waals surface area contributed by atoms with Gasteiger partial charge in [0.15, 0.2) is 17.8 Å². The third kappa shape index (κ3) is 7.45. The van der Waals surface area contributed by atoms with E-state index >= 15 is 0 Å². The molecule has 0 aromatic heterocycles. The Morgan fingerprint density at radius 1 is 1.00 bits per heavy atom. The van der Waals surface area contributed by atoms with Crippen LogP contribution in [-0.4, -0.2) is 18.5 Å². The van der Waals surface area contributed by atoms with Crippen LogP contribution in [-0.2, 0) is 10.1 Å². The SMILES string of the molecule is Cc1ccccc1/C=C/[I+]c1ccccc1.O=S(=O)([O-])C(F)(F)F. The highest BCUT2D eigenvalue weighted by Gasteiger charge is 2.36. The Bertz CT molecular complexity index is 773. The van der Waals surface area contributed by atoms with Crippen molar-refractivity contribution in [2.24, 2.45) is 0 Å². The molecule has 0 unspecified atom stereocenters. The summed E-state index contributed by atoms with van der Waals surface area (Å²) >= 11 is 0.00760. The summed E-state index contributed by atoms with van der Waals surface area (Å²) in [5.74, 6) is 0. The zero-order valence-electron chi connectivity index (χ0n) is 12.5. The molecule has 0 fully saturated rings. The molecule has 0 aliphatic rings. The fourth-order valence-electron chi connectivity index (χ4n) is 1.43. The van der Waals surface area contributed by atoms with Crippen LogP contribution >= 0.6 is 0 Å². The van der Waals surface area contributed by atoms with Gasteiger partial charge >= 0.3 is 26.7 Å². The van der Waals surface area contributed by atoms with Gasteiger partial charge < -0.3 is 4.55 Å². The molecule has 130 valence electrons. The fraction of sp³-hybridized carbons (Fsp3) is 0.125. The third-order valence-corrected chi connectivity index (χ3v) is 5.36. The standard InChI is InChI=1S/C15H14I.CHF3O3S/c1-13-7-5-6-8-14(13)11-12-16-15-9-3-2-4-10-15;2-1(3,4)8(5,6)7/h2-12H,1H3;(H,5,6,7)/q+1;/p-1/b12-11+;. The number of halogens is 4. The highest BCUT2D eigenvalue weighted by atomic mass is 127.